The van der Waals surface area contributed by atoms with Gasteiger partial charge in [-0.05, 0) is 0 Å². The standard InChI is InChI=1S/C10H12N2O2S/c1-2-4-12-6-9(14-8-12)7-13-10-11-3-5-15-10/h2-3,5,7H,1,4,6,8H2. The molecule has 1 fully saturated rings. The topological polar surface area (TPSA) is 34.6 Å². The van der Waals surface area contributed by atoms with Gasteiger partial charge >= 0.3 is 0 Å². The minimum absolute atomic E-state index is 0.596. The van der Waals surface area contributed by atoms with E-state index in [2.05, 4.69) is 16.5 Å². The predicted octanol–water partition coefficient (Wildman–Crippen LogP) is 1.84. The Morgan fingerprint density at radius 1 is 1.73 bits per heavy atom. The van der Waals surface area contributed by atoms with E-state index in [9.17, 15) is 0 Å². The summed E-state index contributed by atoms with van der Waals surface area (Å²) in [6.07, 6.45) is 5.17. The average Bonchev–Trinajstić information content (AvgIpc) is 2.85. The smallest absolute Gasteiger partial charge is 0.278 e. The fourth-order valence-corrected chi connectivity index (χ4v) is 1.71. The van der Waals surface area contributed by atoms with Gasteiger partial charge in [-0.3, -0.25) is 4.90 Å². The normalized spacial score (nSPS) is 19.1. The molecule has 0 atom stereocenters. The van der Waals surface area contributed by atoms with Gasteiger partial charge in [-0.1, -0.05) is 17.4 Å². The summed E-state index contributed by atoms with van der Waals surface area (Å²) in [5.74, 6) is 0.826. The van der Waals surface area contributed by atoms with E-state index >= 15 is 0 Å². The monoisotopic (exact) mass is 224 g/mol. The molecule has 0 amide bonds. The van der Waals surface area contributed by atoms with E-state index in [0.29, 0.717) is 11.9 Å². The molecule has 4 nitrogen and oxygen atoms in total. The Kier molecular flexibility index (Phi) is 3.37. The van der Waals surface area contributed by atoms with Crippen molar-refractivity contribution in [3.8, 4) is 5.19 Å². The first-order chi connectivity index (χ1) is 7.38. The number of hydrogen-bond donors (Lipinski definition) is 0. The third kappa shape index (κ3) is 2.81. The summed E-state index contributed by atoms with van der Waals surface area (Å²) in [7, 11) is 0. The molecule has 1 saturated heterocycles. The van der Waals surface area contributed by atoms with Crippen LogP contribution in [0.3, 0.4) is 0 Å². The van der Waals surface area contributed by atoms with E-state index in [1.165, 1.54) is 11.3 Å². The van der Waals surface area contributed by atoms with Crippen molar-refractivity contribution in [2.75, 3.05) is 19.8 Å². The zero-order valence-corrected chi connectivity index (χ0v) is 9.07. The Bertz CT molecular complexity index is 348. The van der Waals surface area contributed by atoms with Gasteiger partial charge in [0.2, 0.25) is 0 Å². The fraction of sp³-hybridized carbons (Fsp3) is 0.300. The first-order valence-electron chi connectivity index (χ1n) is 4.59. The quantitative estimate of drug-likeness (QED) is 0.577. The second-order valence-electron chi connectivity index (χ2n) is 3.07. The Morgan fingerprint density at radius 3 is 3.40 bits per heavy atom. The minimum atomic E-state index is 0.596. The van der Waals surface area contributed by atoms with E-state index in [1.807, 2.05) is 11.5 Å². The maximum absolute atomic E-state index is 5.41. The molecule has 1 aliphatic heterocycles. The van der Waals surface area contributed by atoms with Crippen molar-refractivity contribution in [3.05, 3.63) is 36.3 Å². The molecule has 15 heavy (non-hydrogen) atoms. The fourth-order valence-electron chi connectivity index (χ4n) is 1.24. The molecule has 0 unspecified atom stereocenters. The molecule has 0 bridgehead atoms. The van der Waals surface area contributed by atoms with Crippen molar-refractivity contribution in [2.45, 2.75) is 0 Å². The minimum Gasteiger partial charge on any atom is -0.478 e. The highest BCUT2D eigenvalue weighted by Gasteiger charge is 2.16. The molecule has 0 radical (unpaired) electrons. The van der Waals surface area contributed by atoms with Crippen molar-refractivity contribution >= 4 is 11.3 Å². The Hall–Kier alpha value is -1.33. The largest absolute Gasteiger partial charge is 0.478 e. The number of hydrogen-bond acceptors (Lipinski definition) is 5. The van der Waals surface area contributed by atoms with Crippen molar-refractivity contribution in [2.24, 2.45) is 0 Å². The Labute approximate surface area is 92.4 Å². The maximum atomic E-state index is 5.41. The van der Waals surface area contributed by atoms with Crippen molar-refractivity contribution in [3.63, 3.8) is 0 Å². The highest BCUT2D eigenvalue weighted by Crippen LogP contribution is 2.16. The molecule has 0 aromatic carbocycles. The summed E-state index contributed by atoms with van der Waals surface area (Å²) < 4.78 is 10.7. The first-order valence-corrected chi connectivity index (χ1v) is 5.47. The van der Waals surface area contributed by atoms with Crippen LogP contribution in [0.5, 0.6) is 5.19 Å². The van der Waals surface area contributed by atoms with Crippen LogP contribution in [-0.2, 0) is 4.74 Å². The van der Waals surface area contributed by atoms with Gasteiger partial charge in [0.25, 0.3) is 5.19 Å². The molecule has 0 N–H and O–H groups in total. The zero-order valence-electron chi connectivity index (χ0n) is 8.26. The van der Waals surface area contributed by atoms with Crippen LogP contribution in [-0.4, -0.2) is 29.7 Å². The highest BCUT2D eigenvalue weighted by molar-refractivity contribution is 7.11. The zero-order chi connectivity index (χ0) is 10.5. The van der Waals surface area contributed by atoms with Crippen LogP contribution in [0.4, 0.5) is 0 Å². The molecular formula is C10H12N2O2S. The summed E-state index contributed by atoms with van der Waals surface area (Å²) in [5, 5.41) is 2.50. The van der Waals surface area contributed by atoms with Crippen LogP contribution >= 0.6 is 11.3 Å². The van der Waals surface area contributed by atoms with Crippen molar-refractivity contribution in [1.82, 2.24) is 9.88 Å². The number of ether oxygens (including phenoxy) is 2. The van der Waals surface area contributed by atoms with Gasteiger partial charge in [0.1, 0.15) is 18.8 Å². The van der Waals surface area contributed by atoms with Crippen molar-refractivity contribution in [1.29, 1.82) is 0 Å². The summed E-state index contributed by atoms with van der Waals surface area (Å²) >= 11 is 1.45. The van der Waals surface area contributed by atoms with Crippen LogP contribution < -0.4 is 4.74 Å². The van der Waals surface area contributed by atoms with Gasteiger partial charge in [-0.15, -0.1) is 6.58 Å². The molecule has 2 rings (SSSR count). The predicted molar refractivity (Wildman–Crippen MR) is 58.5 cm³/mol. The summed E-state index contributed by atoms with van der Waals surface area (Å²) in [4.78, 5) is 6.11. The van der Waals surface area contributed by atoms with E-state index in [1.54, 1.807) is 12.5 Å². The number of nitrogens with zero attached hydrogens (tertiary/aromatic N) is 2. The van der Waals surface area contributed by atoms with E-state index < -0.39 is 0 Å². The molecule has 2 heterocycles. The number of thiazole rings is 1. The molecule has 1 aromatic heterocycles. The van der Waals surface area contributed by atoms with E-state index in [0.717, 1.165) is 18.8 Å². The third-order valence-electron chi connectivity index (χ3n) is 1.90. The van der Waals surface area contributed by atoms with Crippen LogP contribution in [0.2, 0.25) is 0 Å². The van der Waals surface area contributed by atoms with Gasteiger partial charge in [0, 0.05) is 18.1 Å². The number of rotatable bonds is 4. The van der Waals surface area contributed by atoms with Gasteiger partial charge in [-0.2, -0.15) is 0 Å². The number of aromatic nitrogens is 1. The lowest BCUT2D eigenvalue weighted by atomic mass is 10.5. The molecule has 0 aliphatic carbocycles. The first kappa shape index (κ1) is 10.2. The van der Waals surface area contributed by atoms with Gasteiger partial charge in [-0.25, -0.2) is 4.98 Å². The highest BCUT2D eigenvalue weighted by atomic mass is 32.1. The van der Waals surface area contributed by atoms with Crippen LogP contribution in [0, 0.1) is 0 Å². The van der Waals surface area contributed by atoms with E-state index in [4.69, 9.17) is 9.47 Å². The third-order valence-corrected chi connectivity index (χ3v) is 2.56. The molecule has 1 aromatic rings. The Morgan fingerprint density at radius 2 is 2.67 bits per heavy atom. The van der Waals surface area contributed by atoms with Crippen LogP contribution in [0.15, 0.2) is 36.3 Å². The molecular weight excluding hydrogens is 212 g/mol. The lowest BCUT2D eigenvalue weighted by Gasteiger charge is -2.05. The second kappa shape index (κ2) is 4.95. The average molecular weight is 224 g/mol. The Balaban J connectivity index is 1.85. The van der Waals surface area contributed by atoms with E-state index in [-0.39, 0.29) is 0 Å². The van der Waals surface area contributed by atoms with Gasteiger partial charge in [0.05, 0.1) is 6.54 Å². The summed E-state index contributed by atoms with van der Waals surface area (Å²) in [6.45, 7) is 5.87. The van der Waals surface area contributed by atoms with Crippen LogP contribution in [0.1, 0.15) is 0 Å². The SMILES string of the molecule is C=CCN1COC(=COc2nccs2)C1. The lowest BCUT2D eigenvalue weighted by molar-refractivity contribution is 0.175. The second-order valence-corrected chi connectivity index (χ2v) is 3.93. The molecule has 0 spiro atoms. The van der Waals surface area contributed by atoms with Gasteiger partial charge < -0.3 is 9.47 Å². The molecule has 5 heteroatoms. The lowest BCUT2D eigenvalue weighted by Crippen LogP contribution is -2.19. The van der Waals surface area contributed by atoms with Gasteiger partial charge in [0.15, 0.2) is 0 Å². The van der Waals surface area contributed by atoms with Crippen molar-refractivity contribution < 1.29 is 9.47 Å². The summed E-state index contributed by atoms with van der Waals surface area (Å²) in [5.41, 5.74) is 0. The molecule has 80 valence electrons. The molecule has 1 aliphatic rings. The van der Waals surface area contributed by atoms with Crippen LogP contribution in [0.25, 0.3) is 0 Å². The molecule has 0 saturated carbocycles. The summed E-state index contributed by atoms with van der Waals surface area (Å²) in [6, 6.07) is 0. The maximum Gasteiger partial charge on any atom is 0.278 e.